The Balaban J connectivity index is 2.24. The second-order valence-corrected chi connectivity index (χ2v) is 5.61. The largest absolute Gasteiger partial charge is 0.324 e. The van der Waals surface area contributed by atoms with Crippen LogP contribution in [0.1, 0.15) is 17.5 Å². The maximum absolute atomic E-state index is 12.0. The van der Waals surface area contributed by atoms with E-state index in [1.807, 2.05) is 7.05 Å². The Morgan fingerprint density at radius 2 is 2.18 bits per heavy atom. The van der Waals surface area contributed by atoms with Crippen molar-refractivity contribution in [2.45, 2.75) is 30.4 Å². The van der Waals surface area contributed by atoms with Gasteiger partial charge in [0.1, 0.15) is 0 Å². The number of amides is 1. The molecule has 0 bridgehead atoms. The number of carbonyl (C=O) groups is 1. The molecule has 0 radical (unpaired) electrons. The van der Waals surface area contributed by atoms with Crippen molar-refractivity contribution in [1.29, 1.82) is 0 Å². The highest BCUT2D eigenvalue weighted by Gasteiger charge is 2.27. The molecule has 0 spiro atoms. The van der Waals surface area contributed by atoms with Gasteiger partial charge in [0.15, 0.2) is 0 Å². The standard InChI is InChI=1S/C13H18N2OS/c1-8-4-5-10-12(9(8)2)15-13(16)11(17-10)6-7-14-3/h4-5,11,14H,6-7H2,1-3H3,(H,15,16). The molecule has 1 aliphatic rings. The topological polar surface area (TPSA) is 41.1 Å². The molecule has 2 N–H and O–H groups in total. The van der Waals surface area contributed by atoms with Gasteiger partial charge in [-0.3, -0.25) is 4.79 Å². The van der Waals surface area contributed by atoms with Crippen LogP contribution < -0.4 is 10.6 Å². The summed E-state index contributed by atoms with van der Waals surface area (Å²) >= 11 is 1.68. The summed E-state index contributed by atoms with van der Waals surface area (Å²) in [6, 6.07) is 4.22. The molecule has 2 rings (SSSR count). The lowest BCUT2D eigenvalue weighted by molar-refractivity contribution is -0.115. The smallest absolute Gasteiger partial charge is 0.237 e. The van der Waals surface area contributed by atoms with Crippen molar-refractivity contribution in [3.63, 3.8) is 0 Å². The summed E-state index contributed by atoms with van der Waals surface area (Å²) < 4.78 is 0. The molecular formula is C13H18N2OS. The highest BCUT2D eigenvalue weighted by Crippen LogP contribution is 2.39. The van der Waals surface area contributed by atoms with E-state index in [1.165, 1.54) is 16.0 Å². The predicted octanol–water partition coefficient (Wildman–Crippen LogP) is 2.33. The minimum Gasteiger partial charge on any atom is -0.324 e. The fourth-order valence-electron chi connectivity index (χ4n) is 1.92. The van der Waals surface area contributed by atoms with Gasteiger partial charge in [-0.05, 0) is 51.1 Å². The quantitative estimate of drug-likeness (QED) is 0.865. The van der Waals surface area contributed by atoms with Crippen LogP contribution in [0.5, 0.6) is 0 Å². The molecule has 4 heteroatoms. The van der Waals surface area contributed by atoms with Crippen molar-refractivity contribution >= 4 is 23.4 Å². The first-order chi connectivity index (χ1) is 8.13. The van der Waals surface area contributed by atoms with Crippen LogP contribution in [0.15, 0.2) is 17.0 Å². The van der Waals surface area contributed by atoms with Gasteiger partial charge < -0.3 is 10.6 Å². The third-order valence-corrected chi connectivity index (χ3v) is 4.49. The van der Waals surface area contributed by atoms with E-state index < -0.39 is 0 Å². The molecule has 1 aromatic carbocycles. The van der Waals surface area contributed by atoms with Crippen molar-refractivity contribution in [3.8, 4) is 0 Å². The molecule has 1 heterocycles. The first-order valence-corrected chi connectivity index (χ1v) is 6.73. The van der Waals surface area contributed by atoms with Crippen LogP contribution in [0, 0.1) is 13.8 Å². The zero-order chi connectivity index (χ0) is 12.4. The normalized spacial score (nSPS) is 18.8. The number of thioether (sulfide) groups is 1. The monoisotopic (exact) mass is 250 g/mol. The average Bonchev–Trinajstić information content (AvgIpc) is 2.32. The van der Waals surface area contributed by atoms with Crippen molar-refractivity contribution in [3.05, 3.63) is 23.3 Å². The van der Waals surface area contributed by atoms with Gasteiger partial charge in [0.2, 0.25) is 5.91 Å². The Morgan fingerprint density at radius 3 is 2.88 bits per heavy atom. The number of aryl methyl sites for hydroxylation is 1. The van der Waals surface area contributed by atoms with Gasteiger partial charge in [-0.1, -0.05) is 6.07 Å². The van der Waals surface area contributed by atoms with Gasteiger partial charge >= 0.3 is 0 Å². The molecule has 1 amide bonds. The summed E-state index contributed by atoms with van der Waals surface area (Å²) in [5.41, 5.74) is 3.40. The summed E-state index contributed by atoms with van der Waals surface area (Å²) in [4.78, 5) is 13.2. The molecule has 0 fully saturated rings. The molecule has 0 saturated carbocycles. The minimum absolute atomic E-state index is 0.0251. The number of rotatable bonds is 3. The van der Waals surface area contributed by atoms with E-state index in [1.54, 1.807) is 11.8 Å². The number of carbonyl (C=O) groups excluding carboxylic acids is 1. The predicted molar refractivity (Wildman–Crippen MR) is 72.7 cm³/mol. The second kappa shape index (κ2) is 5.10. The van der Waals surface area contributed by atoms with Gasteiger partial charge in [0.05, 0.1) is 10.9 Å². The van der Waals surface area contributed by atoms with E-state index in [-0.39, 0.29) is 11.2 Å². The van der Waals surface area contributed by atoms with Gasteiger partial charge in [0.25, 0.3) is 0 Å². The van der Waals surface area contributed by atoms with E-state index in [2.05, 4.69) is 36.6 Å². The van der Waals surface area contributed by atoms with E-state index in [0.29, 0.717) is 0 Å². The van der Waals surface area contributed by atoms with Crippen molar-refractivity contribution in [1.82, 2.24) is 5.32 Å². The number of fused-ring (bicyclic) bond motifs is 1. The minimum atomic E-state index is 0.0251. The Morgan fingerprint density at radius 1 is 1.41 bits per heavy atom. The third kappa shape index (κ3) is 2.48. The lowest BCUT2D eigenvalue weighted by atomic mass is 10.1. The maximum Gasteiger partial charge on any atom is 0.237 e. The van der Waals surface area contributed by atoms with E-state index >= 15 is 0 Å². The SMILES string of the molecule is CNCCC1Sc2ccc(C)c(C)c2NC1=O. The van der Waals surface area contributed by atoms with Crippen LogP contribution in [-0.2, 0) is 4.79 Å². The number of benzene rings is 1. The van der Waals surface area contributed by atoms with Gasteiger partial charge in [0, 0.05) is 4.90 Å². The molecule has 3 nitrogen and oxygen atoms in total. The maximum atomic E-state index is 12.0. The van der Waals surface area contributed by atoms with E-state index in [9.17, 15) is 4.79 Å². The van der Waals surface area contributed by atoms with Crippen molar-refractivity contribution in [2.75, 3.05) is 18.9 Å². The molecule has 17 heavy (non-hydrogen) atoms. The summed E-state index contributed by atoms with van der Waals surface area (Å²) in [7, 11) is 1.91. The van der Waals surface area contributed by atoms with Crippen LogP contribution >= 0.6 is 11.8 Å². The number of nitrogens with one attached hydrogen (secondary N) is 2. The molecule has 1 unspecified atom stereocenters. The fourth-order valence-corrected chi connectivity index (χ4v) is 3.10. The second-order valence-electron chi connectivity index (χ2n) is 4.37. The van der Waals surface area contributed by atoms with E-state index in [0.717, 1.165) is 18.7 Å². The van der Waals surface area contributed by atoms with Crippen LogP contribution in [0.2, 0.25) is 0 Å². The van der Waals surface area contributed by atoms with Gasteiger partial charge in [-0.25, -0.2) is 0 Å². The van der Waals surface area contributed by atoms with Crippen LogP contribution in [0.4, 0.5) is 5.69 Å². The fraction of sp³-hybridized carbons (Fsp3) is 0.462. The van der Waals surface area contributed by atoms with Gasteiger partial charge in [-0.2, -0.15) is 0 Å². The lowest BCUT2D eigenvalue weighted by Gasteiger charge is -2.26. The van der Waals surface area contributed by atoms with E-state index in [4.69, 9.17) is 0 Å². The molecule has 92 valence electrons. The third-order valence-electron chi connectivity index (χ3n) is 3.16. The van der Waals surface area contributed by atoms with Crippen molar-refractivity contribution in [2.24, 2.45) is 0 Å². The Bertz CT molecular complexity index is 445. The zero-order valence-corrected chi connectivity index (χ0v) is 11.3. The average molecular weight is 250 g/mol. The summed E-state index contributed by atoms with van der Waals surface area (Å²) in [6.07, 6.45) is 0.860. The van der Waals surface area contributed by atoms with Crippen LogP contribution in [0.25, 0.3) is 0 Å². The Labute approximate surface area is 106 Å². The number of anilines is 1. The highest BCUT2D eigenvalue weighted by molar-refractivity contribution is 8.01. The van der Waals surface area contributed by atoms with Crippen LogP contribution in [-0.4, -0.2) is 24.7 Å². The molecule has 0 aromatic heterocycles. The lowest BCUT2D eigenvalue weighted by Crippen LogP contribution is -2.31. The molecular weight excluding hydrogens is 232 g/mol. The molecule has 1 aliphatic heterocycles. The molecule has 0 saturated heterocycles. The van der Waals surface area contributed by atoms with Gasteiger partial charge in [-0.15, -0.1) is 11.8 Å². The Hall–Kier alpha value is -1.00. The molecule has 1 atom stereocenters. The van der Waals surface area contributed by atoms with Crippen molar-refractivity contribution < 1.29 is 4.79 Å². The first-order valence-electron chi connectivity index (χ1n) is 5.86. The van der Waals surface area contributed by atoms with Crippen LogP contribution in [0.3, 0.4) is 0 Å². The zero-order valence-electron chi connectivity index (χ0n) is 10.5. The summed E-state index contributed by atoms with van der Waals surface area (Å²) in [6.45, 7) is 4.99. The highest BCUT2D eigenvalue weighted by atomic mass is 32.2. The Kier molecular flexibility index (Phi) is 3.74. The summed E-state index contributed by atoms with van der Waals surface area (Å²) in [5, 5.41) is 6.15. The molecule has 1 aromatic rings. The number of hydrogen-bond donors (Lipinski definition) is 2. The number of hydrogen-bond acceptors (Lipinski definition) is 3. The summed E-state index contributed by atoms with van der Waals surface area (Å²) in [5.74, 6) is 0.131. The molecule has 0 aliphatic carbocycles. The first kappa shape index (κ1) is 12.5.